The number of hydrogen-bond acceptors (Lipinski definition) is 6. The number of aromatic nitrogens is 1. The molecule has 1 saturated heterocycles. The number of ether oxygens (including phenoxy) is 2. The van der Waals surface area contributed by atoms with Crippen LogP contribution in [0.15, 0.2) is 6.20 Å². The third-order valence-electron chi connectivity index (χ3n) is 2.69. The van der Waals surface area contributed by atoms with Gasteiger partial charge >= 0.3 is 6.03 Å². The molecule has 0 radical (unpaired) electrons. The highest BCUT2D eigenvalue weighted by molar-refractivity contribution is 7.17. The lowest BCUT2D eigenvalue weighted by atomic mass is 10.0. The maximum absolute atomic E-state index is 11.8. The average molecular weight is 273 g/mol. The van der Waals surface area contributed by atoms with Crippen LogP contribution >= 0.6 is 11.3 Å². The van der Waals surface area contributed by atoms with Crippen LogP contribution in [-0.2, 0) is 4.74 Å². The van der Waals surface area contributed by atoms with Gasteiger partial charge in [-0.3, -0.25) is 5.32 Å². The second kappa shape index (κ2) is 5.51. The summed E-state index contributed by atoms with van der Waals surface area (Å²) in [4.78, 5) is 15.7. The van der Waals surface area contributed by atoms with Gasteiger partial charge in [-0.15, -0.1) is 0 Å². The van der Waals surface area contributed by atoms with E-state index in [2.05, 4.69) is 15.6 Å². The lowest BCUT2D eigenvalue weighted by Crippen LogP contribution is -2.53. The van der Waals surface area contributed by atoms with Crippen LogP contribution in [0.25, 0.3) is 0 Å². The molecular formula is C10H15N3O4S. The zero-order valence-corrected chi connectivity index (χ0v) is 10.7. The van der Waals surface area contributed by atoms with Gasteiger partial charge in [0.1, 0.15) is 0 Å². The summed E-state index contributed by atoms with van der Waals surface area (Å²) in [5.74, 6) is 0. The number of methoxy groups -OCH3 is 1. The van der Waals surface area contributed by atoms with E-state index in [1.807, 2.05) is 0 Å². The fourth-order valence-electron chi connectivity index (χ4n) is 1.65. The predicted octanol–water partition coefficient (Wildman–Crippen LogP) is 0.425. The second-order valence-electron chi connectivity index (χ2n) is 4.01. The van der Waals surface area contributed by atoms with E-state index >= 15 is 0 Å². The Balaban J connectivity index is 1.91. The van der Waals surface area contributed by atoms with Crippen molar-refractivity contribution in [3.63, 3.8) is 0 Å². The summed E-state index contributed by atoms with van der Waals surface area (Å²) in [6, 6.07) is -0.411. The zero-order valence-electron chi connectivity index (χ0n) is 9.93. The van der Waals surface area contributed by atoms with Crippen molar-refractivity contribution < 1.29 is 19.4 Å². The van der Waals surface area contributed by atoms with Crippen molar-refractivity contribution in [2.24, 2.45) is 0 Å². The van der Waals surface area contributed by atoms with Crippen molar-refractivity contribution in [3.8, 4) is 5.06 Å². The molecule has 1 aromatic heterocycles. The summed E-state index contributed by atoms with van der Waals surface area (Å²) in [7, 11) is 1.54. The van der Waals surface area contributed by atoms with Gasteiger partial charge in [-0.2, -0.15) is 0 Å². The normalized spacial score (nSPS) is 22.8. The van der Waals surface area contributed by atoms with Crippen LogP contribution in [0.3, 0.4) is 0 Å². The summed E-state index contributed by atoms with van der Waals surface area (Å²) in [6.45, 7) is 0.700. The molecule has 1 aliphatic heterocycles. The first kappa shape index (κ1) is 13.1. The van der Waals surface area contributed by atoms with Gasteiger partial charge in [-0.25, -0.2) is 9.78 Å². The van der Waals surface area contributed by atoms with Gasteiger partial charge in [0, 0.05) is 6.61 Å². The third kappa shape index (κ3) is 2.89. The molecule has 0 aliphatic carbocycles. The van der Waals surface area contributed by atoms with E-state index in [9.17, 15) is 9.90 Å². The molecule has 0 aromatic carbocycles. The number of carbonyl (C=O) groups is 1. The maximum atomic E-state index is 11.8. The standard InChI is InChI=1S/C10H15N3O4S/c1-16-7-4-11-9(18-7)12-8(15)13-10(5-14)2-3-17-6-10/h4,14H,2-3,5-6H2,1H3,(H2,11,12,13,15). The van der Waals surface area contributed by atoms with Crippen LogP contribution in [0.1, 0.15) is 6.42 Å². The molecule has 7 nitrogen and oxygen atoms in total. The van der Waals surface area contributed by atoms with Crippen LogP contribution in [-0.4, -0.2) is 48.6 Å². The smallest absolute Gasteiger partial charge is 0.321 e. The monoisotopic (exact) mass is 273 g/mol. The molecule has 2 amide bonds. The van der Waals surface area contributed by atoms with Crippen molar-refractivity contribution in [3.05, 3.63) is 6.20 Å². The molecular weight excluding hydrogens is 258 g/mol. The fraction of sp³-hybridized carbons (Fsp3) is 0.600. The Morgan fingerprint density at radius 2 is 2.61 bits per heavy atom. The van der Waals surface area contributed by atoms with Crippen molar-refractivity contribution in [1.82, 2.24) is 10.3 Å². The highest BCUT2D eigenvalue weighted by Crippen LogP contribution is 2.25. The van der Waals surface area contributed by atoms with E-state index in [-0.39, 0.29) is 6.61 Å². The lowest BCUT2D eigenvalue weighted by molar-refractivity contribution is 0.126. The van der Waals surface area contributed by atoms with Crippen LogP contribution in [0.2, 0.25) is 0 Å². The topological polar surface area (TPSA) is 92.7 Å². The Kier molecular flexibility index (Phi) is 4.00. The van der Waals surface area contributed by atoms with Gasteiger partial charge in [0.05, 0.1) is 32.1 Å². The minimum absolute atomic E-state index is 0.151. The van der Waals surface area contributed by atoms with E-state index in [1.54, 1.807) is 0 Å². The zero-order chi connectivity index (χ0) is 13.0. The highest BCUT2D eigenvalue weighted by Gasteiger charge is 2.35. The predicted molar refractivity (Wildman–Crippen MR) is 66.1 cm³/mol. The number of urea groups is 1. The number of aliphatic hydroxyl groups excluding tert-OH is 1. The first-order valence-corrected chi connectivity index (χ1v) is 6.27. The van der Waals surface area contributed by atoms with Gasteiger partial charge in [-0.05, 0) is 6.42 Å². The van der Waals surface area contributed by atoms with Crippen molar-refractivity contribution in [2.75, 3.05) is 32.2 Å². The van der Waals surface area contributed by atoms with Gasteiger partial charge < -0.3 is 19.9 Å². The fourth-order valence-corrected chi connectivity index (χ4v) is 2.28. The minimum atomic E-state index is -0.689. The molecule has 1 aliphatic rings. The first-order valence-electron chi connectivity index (χ1n) is 5.45. The van der Waals surface area contributed by atoms with Gasteiger partial charge in [-0.1, -0.05) is 11.3 Å². The number of anilines is 1. The van der Waals surface area contributed by atoms with Crippen LogP contribution in [0.4, 0.5) is 9.93 Å². The van der Waals surface area contributed by atoms with Crippen molar-refractivity contribution in [1.29, 1.82) is 0 Å². The molecule has 2 rings (SSSR count). The molecule has 1 fully saturated rings. The summed E-state index contributed by atoms with van der Waals surface area (Å²) in [5, 5.41) is 15.7. The number of hydrogen-bond donors (Lipinski definition) is 3. The van der Waals surface area contributed by atoms with E-state index in [0.717, 1.165) is 0 Å². The average Bonchev–Trinajstić information content (AvgIpc) is 2.99. The van der Waals surface area contributed by atoms with E-state index in [0.29, 0.717) is 29.8 Å². The number of nitrogens with one attached hydrogen (secondary N) is 2. The lowest BCUT2D eigenvalue weighted by Gasteiger charge is -2.25. The molecule has 0 bridgehead atoms. The number of carbonyl (C=O) groups excluding carboxylic acids is 1. The molecule has 0 saturated carbocycles. The van der Waals surface area contributed by atoms with Crippen LogP contribution in [0.5, 0.6) is 5.06 Å². The Labute approximate surface area is 108 Å². The Bertz CT molecular complexity index is 417. The molecule has 3 N–H and O–H groups in total. The van der Waals surface area contributed by atoms with Gasteiger partial charge in [0.25, 0.3) is 0 Å². The summed E-state index contributed by atoms with van der Waals surface area (Å²) < 4.78 is 10.2. The van der Waals surface area contributed by atoms with Crippen molar-refractivity contribution >= 4 is 22.5 Å². The summed E-state index contributed by atoms with van der Waals surface area (Å²) in [6.07, 6.45) is 2.12. The molecule has 1 aromatic rings. The number of rotatable bonds is 4. The molecule has 18 heavy (non-hydrogen) atoms. The minimum Gasteiger partial charge on any atom is -0.486 e. The Morgan fingerprint density at radius 1 is 1.78 bits per heavy atom. The van der Waals surface area contributed by atoms with Gasteiger partial charge in [0.15, 0.2) is 10.2 Å². The first-order chi connectivity index (χ1) is 8.67. The molecule has 1 unspecified atom stereocenters. The Morgan fingerprint density at radius 3 is 3.17 bits per heavy atom. The number of nitrogens with zero attached hydrogens (tertiary/aromatic N) is 1. The van der Waals surface area contributed by atoms with Gasteiger partial charge in [0.2, 0.25) is 0 Å². The summed E-state index contributed by atoms with van der Waals surface area (Å²) in [5.41, 5.74) is -0.689. The van der Waals surface area contributed by atoms with E-state index in [1.165, 1.54) is 24.6 Å². The Hall–Kier alpha value is -1.38. The van der Waals surface area contributed by atoms with E-state index in [4.69, 9.17) is 9.47 Å². The molecule has 8 heteroatoms. The van der Waals surface area contributed by atoms with Crippen molar-refractivity contribution in [2.45, 2.75) is 12.0 Å². The quantitative estimate of drug-likeness (QED) is 0.739. The summed E-state index contributed by atoms with van der Waals surface area (Å²) >= 11 is 1.23. The molecule has 0 spiro atoms. The number of aliphatic hydroxyl groups is 1. The molecule has 100 valence electrons. The van der Waals surface area contributed by atoms with Crippen LogP contribution < -0.4 is 15.4 Å². The second-order valence-corrected chi connectivity index (χ2v) is 5.00. The molecule has 1 atom stereocenters. The SMILES string of the molecule is COc1cnc(NC(=O)NC2(CO)CCOC2)s1. The number of thiazole rings is 1. The van der Waals surface area contributed by atoms with E-state index < -0.39 is 11.6 Å². The largest absolute Gasteiger partial charge is 0.486 e. The molecule has 2 heterocycles. The highest BCUT2D eigenvalue weighted by atomic mass is 32.1. The van der Waals surface area contributed by atoms with Crippen LogP contribution in [0, 0.1) is 0 Å². The number of amides is 2. The third-order valence-corrected chi connectivity index (χ3v) is 3.56. The maximum Gasteiger partial charge on any atom is 0.321 e.